The van der Waals surface area contributed by atoms with Gasteiger partial charge in [0.2, 0.25) is 10.3 Å². The lowest BCUT2D eigenvalue weighted by molar-refractivity contribution is -0.143. The Hall–Kier alpha value is -4.20. The molecule has 238 valence electrons. The van der Waals surface area contributed by atoms with Crippen LogP contribution in [0.4, 0.5) is 26.3 Å². The van der Waals surface area contributed by atoms with E-state index in [4.69, 9.17) is 9.47 Å². The van der Waals surface area contributed by atoms with Crippen molar-refractivity contribution in [1.29, 1.82) is 0 Å². The van der Waals surface area contributed by atoms with E-state index in [-0.39, 0.29) is 35.7 Å². The number of halogens is 6. The van der Waals surface area contributed by atoms with Crippen LogP contribution in [0.15, 0.2) is 20.3 Å². The van der Waals surface area contributed by atoms with Crippen LogP contribution in [0.1, 0.15) is 83.0 Å². The number of aromatic nitrogens is 6. The highest BCUT2D eigenvalue weighted by Crippen LogP contribution is 2.42. The second-order valence-corrected chi connectivity index (χ2v) is 10.6. The van der Waals surface area contributed by atoms with Gasteiger partial charge in [-0.15, -0.1) is 22.7 Å². The van der Waals surface area contributed by atoms with Gasteiger partial charge in [0.1, 0.15) is 5.69 Å². The van der Waals surface area contributed by atoms with Crippen molar-refractivity contribution in [3.63, 3.8) is 0 Å². The lowest BCUT2D eigenvalue weighted by atomic mass is 9.87. The molecule has 0 saturated heterocycles. The van der Waals surface area contributed by atoms with Gasteiger partial charge in [-0.25, -0.2) is 24.2 Å². The molecule has 0 aliphatic heterocycles. The molecule has 0 spiro atoms. The molecule has 0 fully saturated rings. The fourth-order valence-corrected chi connectivity index (χ4v) is 5.88. The topological polar surface area (TPSA) is 154 Å². The first-order valence-corrected chi connectivity index (χ1v) is 14.5. The van der Waals surface area contributed by atoms with Crippen molar-refractivity contribution in [2.45, 2.75) is 51.9 Å². The second-order valence-electron chi connectivity index (χ2n) is 8.89. The van der Waals surface area contributed by atoms with Crippen molar-refractivity contribution < 1.29 is 45.4 Å². The standard InChI is InChI=1S/C24H22F6N6O6S2/c1-4-7-10(13-15(23(25,26)27)33-36(18(13)38)22-32-12(9-44-22)20(40)42-6-3)14-16(24(28,29)30)35(34-17(14)37)21-31-11(8-43-21)19(39)41-5-2/h8-10,33H,4-7H2,1-3H3,(H,34,37). The minimum Gasteiger partial charge on any atom is -0.461 e. The average molecular weight is 669 g/mol. The van der Waals surface area contributed by atoms with Gasteiger partial charge in [-0.1, -0.05) is 13.3 Å². The number of ether oxygens (including phenoxy) is 2. The van der Waals surface area contributed by atoms with E-state index in [0.717, 1.165) is 10.8 Å². The molecular formula is C24H22F6N6O6S2. The Bertz CT molecular complexity index is 1790. The summed E-state index contributed by atoms with van der Waals surface area (Å²) in [6.07, 6.45) is -11.1. The van der Waals surface area contributed by atoms with Crippen LogP contribution in [0.25, 0.3) is 10.3 Å². The van der Waals surface area contributed by atoms with Gasteiger partial charge in [0.15, 0.2) is 17.1 Å². The van der Waals surface area contributed by atoms with Crippen molar-refractivity contribution in [3.8, 4) is 10.3 Å². The van der Waals surface area contributed by atoms with E-state index in [1.165, 1.54) is 20.8 Å². The largest absolute Gasteiger partial charge is 0.461 e. The third-order valence-corrected chi connectivity index (χ3v) is 7.68. The van der Waals surface area contributed by atoms with E-state index < -0.39 is 80.5 Å². The summed E-state index contributed by atoms with van der Waals surface area (Å²) in [5.74, 6) is -3.87. The molecule has 20 heteroatoms. The molecule has 0 radical (unpaired) electrons. The number of carbonyl (C=O) groups excluding carboxylic acids is 2. The Morgan fingerprint density at radius 2 is 1.36 bits per heavy atom. The van der Waals surface area contributed by atoms with E-state index in [2.05, 4.69) is 9.97 Å². The first kappa shape index (κ1) is 32.7. The van der Waals surface area contributed by atoms with Crippen LogP contribution in [0, 0.1) is 0 Å². The summed E-state index contributed by atoms with van der Waals surface area (Å²) in [7, 11) is 0. The summed E-state index contributed by atoms with van der Waals surface area (Å²) >= 11 is 1.13. The molecule has 0 aliphatic carbocycles. The molecule has 1 unspecified atom stereocenters. The lowest BCUT2D eigenvalue weighted by Gasteiger charge is -2.18. The van der Waals surface area contributed by atoms with Crippen LogP contribution in [-0.2, 0) is 21.8 Å². The molecule has 0 bridgehead atoms. The third kappa shape index (κ3) is 6.21. The summed E-state index contributed by atoms with van der Waals surface area (Å²) in [6, 6.07) is 0. The molecule has 4 heterocycles. The maximum Gasteiger partial charge on any atom is 0.433 e. The quantitative estimate of drug-likeness (QED) is 0.179. The summed E-state index contributed by atoms with van der Waals surface area (Å²) < 4.78 is 96.9. The fraction of sp³-hybridized carbons (Fsp3) is 0.417. The summed E-state index contributed by atoms with van der Waals surface area (Å²) in [6.45, 7) is 4.37. The van der Waals surface area contributed by atoms with Gasteiger partial charge in [0, 0.05) is 16.7 Å². The molecule has 4 aromatic rings. The van der Waals surface area contributed by atoms with Crippen molar-refractivity contribution in [2.24, 2.45) is 0 Å². The SMILES string of the molecule is CCCC(c1c(C(F)(F)F)n(-c2nc(C(=O)OCC)cs2)[nH]c1=O)c1c(C(F)(F)F)[nH]n(-c2nc(C(=O)OCC)cs2)c1=O. The zero-order chi connectivity index (χ0) is 32.6. The molecular weight excluding hydrogens is 646 g/mol. The lowest BCUT2D eigenvalue weighted by Crippen LogP contribution is -2.26. The summed E-state index contributed by atoms with van der Waals surface area (Å²) in [4.78, 5) is 58.4. The van der Waals surface area contributed by atoms with Gasteiger partial charge in [-0.05, 0) is 20.3 Å². The highest BCUT2D eigenvalue weighted by Gasteiger charge is 2.47. The number of hydrogen-bond acceptors (Lipinski definition) is 10. The highest BCUT2D eigenvalue weighted by molar-refractivity contribution is 7.12. The van der Waals surface area contributed by atoms with Gasteiger partial charge >= 0.3 is 24.3 Å². The van der Waals surface area contributed by atoms with Crippen LogP contribution in [-0.4, -0.2) is 54.7 Å². The zero-order valence-electron chi connectivity index (χ0n) is 22.9. The Labute approximate surface area is 250 Å². The molecule has 0 aliphatic rings. The van der Waals surface area contributed by atoms with Crippen molar-refractivity contribution >= 4 is 34.6 Å². The molecule has 4 rings (SSSR count). The Kier molecular flexibility index (Phi) is 9.24. The average Bonchev–Trinajstić information content (AvgIpc) is 3.71. The molecule has 12 nitrogen and oxygen atoms in total. The molecule has 44 heavy (non-hydrogen) atoms. The number of alkyl halides is 6. The highest BCUT2D eigenvalue weighted by atomic mass is 32.1. The maximum atomic E-state index is 14.6. The number of thiazole rings is 2. The molecule has 0 amide bonds. The minimum atomic E-state index is -5.34. The van der Waals surface area contributed by atoms with E-state index >= 15 is 0 Å². The Balaban J connectivity index is 1.96. The van der Waals surface area contributed by atoms with Crippen LogP contribution in [0.5, 0.6) is 0 Å². The van der Waals surface area contributed by atoms with E-state index in [1.807, 2.05) is 10.2 Å². The van der Waals surface area contributed by atoms with Crippen LogP contribution >= 0.6 is 22.7 Å². The normalized spacial score (nSPS) is 12.8. The number of nitrogens with zero attached hydrogens (tertiary/aromatic N) is 4. The number of hydrogen-bond donors (Lipinski definition) is 2. The minimum absolute atomic E-state index is 0.0317. The smallest absolute Gasteiger partial charge is 0.433 e. The third-order valence-electron chi connectivity index (χ3n) is 6.03. The molecule has 1 atom stereocenters. The maximum absolute atomic E-state index is 14.6. The van der Waals surface area contributed by atoms with Crippen LogP contribution in [0.3, 0.4) is 0 Å². The van der Waals surface area contributed by atoms with E-state index in [1.54, 1.807) is 0 Å². The van der Waals surface area contributed by atoms with Crippen molar-refractivity contribution in [1.82, 2.24) is 29.5 Å². The molecule has 0 aromatic carbocycles. The van der Waals surface area contributed by atoms with Crippen LogP contribution in [0.2, 0.25) is 0 Å². The predicted molar refractivity (Wildman–Crippen MR) is 143 cm³/mol. The number of rotatable bonds is 10. The van der Waals surface area contributed by atoms with Crippen molar-refractivity contribution in [3.05, 3.63) is 65.4 Å². The zero-order valence-corrected chi connectivity index (χ0v) is 24.5. The number of aromatic amines is 2. The number of carbonyl (C=O) groups is 2. The van der Waals surface area contributed by atoms with E-state index in [0.29, 0.717) is 27.4 Å². The van der Waals surface area contributed by atoms with Gasteiger partial charge in [-0.3, -0.25) is 19.8 Å². The fourth-order valence-electron chi connectivity index (χ4n) is 4.37. The Morgan fingerprint density at radius 1 is 0.841 bits per heavy atom. The molecule has 2 N–H and O–H groups in total. The van der Waals surface area contributed by atoms with Gasteiger partial charge < -0.3 is 9.47 Å². The van der Waals surface area contributed by atoms with Gasteiger partial charge in [0.25, 0.3) is 11.1 Å². The van der Waals surface area contributed by atoms with Gasteiger partial charge in [-0.2, -0.15) is 31.0 Å². The number of H-pyrrole nitrogens is 2. The molecule has 0 saturated carbocycles. The first-order valence-electron chi connectivity index (χ1n) is 12.7. The summed E-state index contributed by atoms with van der Waals surface area (Å²) in [5.41, 5.74) is -9.26. The first-order chi connectivity index (χ1) is 20.6. The number of esters is 2. The van der Waals surface area contributed by atoms with Crippen LogP contribution < -0.4 is 11.1 Å². The van der Waals surface area contributed by atoms with Gasteiger partial charge in [0.05, 0.1) is 24.3 Å². The van der Waals surface area contributed by atoms with E-state index in [9.17, 15) is 45.5 Å². The van der Waals surface area contributed by atoms with Crippen molar-refractivity contribution in [2.75, 3.05) is 13.2 Å². The Morgan fingerprint density at radius 3 is 1.82 bits per heavy atom. The number of nitrogens with one attached hydrogen (secondary N) is 2. The molecule has 4 aromatic heterocycles. The summed E-state index contributed by atoms with van der Waals surface area (Å²) in [5, 5.41) is 5.05. The second kappa shape index (κ2) is 12.4. The predicted octanol–water partition coefficient (Wildman–Crippen LogP) is 4.88. The monoisotopic (exact) mass is 668 g/mol.